The molecule has 0 unspecified atom stereocenters. The molecule has 0 heterocycles. The molecule has 5 heteroatoms. The predicted molar refractivity (Wildman–Crippen MR) is 82.1 cm³/mol. The molecule has 2 aromatic rings. The highest BCUT2D eigenvalue weighted by Crippen LogP contribution is 2.18. The molecule has 0 bridgehead atoms. The van der Waals surface area contributed by atoms with Crippen molar-refractivity contribution in [3.8, 4) is 0 Å². The number of rotatable bonds is 2. The molecule has 20 heavy (non-hydrogen) atoms. The number of hydrogen-bond donors (Lipinski definition) is 2. The summed E-state index contributed by atoms with van der Waals surface area (Å²) in [7, 11) is 0. The third kappa shape index (κ3) is 3.51. The van der Waals surface area contributed by atoms with Crippen LogP contribution in [0.4, 0.5) is 20.2 Å². The standard InChI is InChI=1S/C15H14F2N2S/c1-9-3-6-12(17)14(7-9)19-15(20)18-13-8-11(16)5-4-10(13)2/h3-8H,1-2H3,(H2,18,19,20). The summed E-state index contributed by atoms with van der Waals surface area (Å²) >= 11 is 5.11. The van der Waals surface area contributed by atoms with Gasteiger partial charge in [-0.3, -0.25) is 0 Å². The van der Waals surface area contributed by atoms with Gasteiger partial charge in [0.2, 0.25) is 0 Å². The zero-order valence-corrected chi connectivity index (χ0v) is 11.9. The molecule has 0 aliphatic rings. The number of benzene rings is 2. The van der Waals surface area contributed by atoms with E-state index in [1.165, 1.54) is 18.2 Å². The normalized spacial score (nSPS) is 10.2. The molecule has 0 saturated carbocycles. The summed E-state index contributed by atoms with van der Waals surface area (Å²) in [6, 6.07) is 9.06. The summed E-state index contributed by atoms with van der Waals surface area (Å²) in [5.41, 5.74) is 2.60. The molecule has 0 aliphatic carbocycles. The average molecular weight is 292 g/mol. The topological polar surface area (TPSA) is 24.1 Å². The van der Waals surface area contributed by atoms with Crippen LogP contribution in [0, 0.1) is 25.5 Å². The maximum Gasteiger partial charge on any atom is 0.175 e. The first-order valence-corrected chi connectivity index (χ1v) is 6.47. The molecule has 2 nitrogen and oxygen atoms in total. The number of nitrogens with one attached hydrogen (secondary N) is 2. The van der Waals surface area contributed by atoms with Crippen molar-refractivity contribution in [3.63, 3.8) is 0 Å². The molecule has 2 aromatic carbocycles. The molecular weight excluding hydrogens is 278 g/mol. The molecule has 104 valence electrons. The maximum atomic E-state index is 13.6. The van der Waals surface area contributed by atoms with E-state index in [9.17, 15) is 8.78 Å². The minimum Gasteiger partial charge on any atom is -0.332 e. The van der Waals surface area contributed by atoms with E-state index >= 15 is 0 Å². The number of halogens is 2. The Morgan fingerprint density at radius 3 is 2.40 bits per heavy atom. The highest BCUT2D eigenvalue weighted by Gasteiger charge is 2.06. The van der Waals surface area contributed by atoms with Crippen LogP contribution >= 0.6 is 12.2 Å². The van der Waals surface area contributed by atoms with E-state index in [1.807, 2.05) is 13.8 Å². The van der Waals surface area contributed by atoms with Crippen molar-refractivity contribution < 1.29 is 8.78 Å². The summed E-state index contributed by atoms with van der Waals surface area (Å²) in [5.74, 6) is -0.752. The molecule has 0 fully saturated rings. The fourth-order valence-electron chi connectivity index (χ4n) is 1.74. The van der Waals surface area contributed by atoms with Crippen molar-refractivity contribution in [2.45, 2.75) is 13.8 Å². The minimum atomic E-state index is -0.393. The number of anilines is 2. The second-order valence-corrected chi connectivity index (χ2v) is 4.93. The molecular formula is C15H14F2N2S. The van der Waals surface area contributed by atoms with E-state index in [0.29, 0.717) is 5.69 Å². The van der Waals surface area contributed by atoms with Crippen LogP contribution in [-0.4, -0.2) is 5.11 Å². The summed E-state index contributed by atoms with van der Waals surface area (Å²) in [6.07, 6.45) is 0. The van der Waals surface area contributed by atoms with E-state index in [4.69, 9.17) is 12.2 Å². The molecule has 0 saturated heterocycles. The van der Waals surface area contributed by atoms with Crippen molar-refractivity contribution in [1.82, 2.24) is 0 Å². The summed E-state index contributed by atoms with van der Waals surface area (Å²) in [4.78, 5) is 0. The number of thiocarbonyl (C=S) groups is 1. The van der Waals surface area contributed by atoms with E-state index in [1.54, 1.807) is 18.2 Å². The van der Waals surface area contributed by atoms with Gasteiger partial charge in [-0.2, -0.15) is 0 Å². The molecule has 0 aromatic heterocycles. The predicted octanol–water partition coefficient (Wildman–Crippen LogP) is 4.39. The Bertz CT molecular complexity index is 601. The molecule has 0 radical (unpaired) electrons. The van der Waals surface area contributed by atoms with Crippen molar-refractivity contribution in [3.05, 3.63) is 59.2 Å². The lowest BCUT2D eigenvalue weighted by molar-refractivity contribution is 0.628. The summed E-state index contributed by atoms with van der Waals surface area (Å²) in [6.45, 7) is 3.69. The van der Waals surface area contributed by atoms with Gasteiger partial charge in [-0.1, -0.05) is 12.1 Å². The first-order valence-electron chi connectivity index (χ1n) is 6.06. The van der Waals surface area contributed by atoms with Crippen molar-refractivity contribution in [2.24, 2.45) is 0 Å². The van der Waals surface area contributed by atoms with Gasteiger partial charge in [-0.15, -0.1) is 0 Å². The zero-order valence-electron chi connectivity index (χ0n) is 11.1. The van der Waals surface area contributed by atoms with Gasteiger partial charge in [0.1, 0.15) is 11.6 Å². The van der Waals surface area contributed by atoms with Crippen LogP contribution in [0.2, 0.25) is 0 Å². The molecule has 0 amide bonds. The van der Waals surface area contributed by atoms with Gasteiger partial charge in [-0.05, 0) is 61.5 Å². The smallest absolute Gasteiger partial charge is 0.175 e. The molecule has 0 atom stereocenters. The van der Waals surface area contributed by atoms with Gasteiger partial charge in [0, 0.05) is 5.69 Å². The van der Waals surface area contributed by atoms with Gasteiger partial charge in [0.15, 0.2) is 5.11 Å². The Balaban J connectivity index is 2.13. The Morgan fingerprint density at radius 2 is 1.65 bits per heavy atom. The monoisotopic (exact) mass is 292 g/mol. The molecule has 0 aliphatic heterocycles. The van der Waals surface area contributed by atoms with Gasteiger partial charge in [0.05, 0.1) is 5.69 Å². The Morgan fingerprint density at radius 1 is 0.950 bits per heavy atom. The maximum absolute atomic E-state index is 13.6. The third-order valence-electron chi connectivity index (χ3n) is 2.82. The Kier molecular flexibility index (Phi) is 4.29. The first-order chi connectivity index (χ1) is 9.45. The van der Waals surface area contributed by atoms with Crippen LogP contribution in [0.15, 0.2) is 36.4 Å². The lowest BCUT2D eigenvalue weighted by atomic mass is 10.2. The first kappa shape index (κ1) is 14.4. The number of aryl methyl sites for hydroxylation is 2. The van der Waals surface area contributed by atoms with Crippen LogP contribution in [0.1, 0.15) is 11.1 Å². The van der Waals surface area contributed by atoms with Crippen molar-refractivity contribution in [1.29, 1.82) is 0 Å². The van der Waals surface area contributed by atoms with Crippen LogP contribution in [-0.2, 0) is 0 Å². The molecule has 0 spiro atoms. The fourth-order valence-corrected chi connectivity index (χ4v) is 1.96. The second-order valence-electron chi connectivity index (χ2n) is 4.52. The summed E-state index contributed by atoms with van der Waals surface area (Å²) in [5, 5.41) is 5.84. The van der Waals surface area contributed by atoms with Crippen LogP contribution in [0.25, 0.3) is 0 Å². The quantitative estimate of drug-likeness (QED) is 0.803. The van der Waals surface area contributed by atoms with Crippen LogP contribution < -0.4 is 10.6 Å². The average Bonchev–Trinajstić information content (AvgIpc) is 2.38. The highest BCUT2D eigenvalue weighted by molar-refractivity contribution is 7.80. The van der Waals surface area contributed by atoms with Gasteiger partial charge >= 0.3 is 0 Å². The fraction of sp³-hybridized carbons (Fsp3) is 0.133. The largest absolute Gasteiger partial charge is 0.332 e. The second kappa shape index (κ2) is 5.96. The Hall–Kier alpha value is -2.01. The van der Waals surface area contributed by atoms with E-state index in [-0.39, 0.29) is 16.6 Å². The van der Waals surface area contributed by atoms with E-state index in [0.717, 1.165) is 11.1 Å². The number of hydrogen-bond acceptors (Lipinski definition) is 1. The van der Waals surface area contributed by atoms with Crippen LogP contribution in [0.5, 0.6) is 0 Å². The lowest BCUT2D eigenvalue weighted by Crippen LogP contribution is -2.20. The van der Waals surface area contributed by atoms with E-state index in [2.05, 4.69) is 10.6 Å². The van der Waals surface area contributed by atoms with Crippen LogP contribution in [0.3, 0.4) is 0 Å². The highest BCUT2D eigenvalue weighted by atomic mass is 32.1. The van der Waals surface area contributed by atoms with Gasteiger partial charge < -0.3 is 10.6 Å². The third-order valence-corrected chi connectivity index (χ3v) is 3.02. The zero-order chi connectivity index (χ0) is 14.7. The summed E-state index contributed by atoms with van der Waals surface area (Å²) < 4.78 is 26.8. The molecule has 2 rings (SSSR count). The van der Waals surface area contributed by atoms with Gasteiger partial charge in [-0.25, -0.2) is 8.78 Å². The van der Waals surface area contributed by atoms with Crippen molar-refractivity contribution >= 4 is 28.7 Å². The Labute approximate surface area is 121 Å². The lowest BCUT2D eigenvalue weighted by Gasteiger charge is -2.13. The molecule has 2 N–H and O–H groups in total. The minimum absolute atomic E-state index is 0.211. The SMILES string of the molecule is Cc1ccc(F)c(NC(=S)Nc2cc(F)ccc2C)c1. The van der Waals surface area contributed by atoms with Crippen molar-refractivity contribution in [2.75, 3.05) is 10.6 Å². The van der Waals surface area contributed by atoms with E-state index < -0.39 is 5.82 Å². The van der Waals surface area contributed by atoms with Gasteiger partial charge in [0.25, 0.3) is 0 Å².